The molecule has 0 aromatic carbocycles. The summed E-state index contributed by atoms with van der Waals surface area (Å²) in [5.74, 6) is -0.503. The maximum atomic E-state index is 11.3. The Morgan fingerprint density at radius 2 is 2.05 bits per heavy atom. The van der Waals surface area contributed by atoms with Gasteiger partial charge >= 0.3 is 5.97 Å². The van der Waals surface area contributed by atoms with E-state index in [9.17, 15) is 9.90 Å². The van der Waals surface area contributed by atoms with Crippen LogP contribution in [-0.4, -0.2) is 26.0 Å². The predicted molar refractivity (Wildman–Crippen MR) is 75.3 cm³/mol. The van der Waals surface area contributed by atoms with E-state index in [0.29, 0.717) is 11.5 Å². The highest BCUT2D eigenvalue weighted by atomic mass is 16.4. The van der Waals surface area contributed by atoms with Gasteiger partial charge in [0.05, 0.1) is 23.3 Å². The number of carbonyl (C=O) groups is 1. The molecule has 20 heavy (non-hydrogen) atoms. The Balaban J connectivity index is 2.41. The molecule has 0 aliphatic heterocycles. The summed E-state index contributed by atoms with van der Waals surface area (Å²) in [5, 5.41) is 12.3. The quantitative estimate of drug-likeness (QED) is 0.889. The maximum Gasteiger partial charge on any atom is 0.356 e. The lowest BCUT2D eigenvalue weighted by Crippen LogP contribution is -2.10. The molecule has 6 heteroatoms. The van der Waals surface area contributed by atoms with Gasteiger partial charge in [0.1, 0.15) is 5.82 Å². The van der Waals surface area contributed by atoms with Crippen LogP contribution in [0, 0.1) is 6.92 Å². The molecule has 0 unspecified atom stereocenters. The third kappa shape index (κ3) is 2.90. The summed E-state index contributed by atoms with van der Waals surface area (Å²) >= 11 is 0. The van der Waals surface area contributed by atoms with Crippen LogP contribution < -0.4 is 5.32 Å². The average Bonchev–Trinajstić information content (AvgIpc) is 2.41. The average molecular weight is 272 g/mol. The molecule has 0 amide bonds. The fourth-order valence-electron chi connectivity index (χ4n) is 1.69. The van der Waals surface area contributed by atoms with Gasteiger partial charge in [-0.2, -0.15) is 0 Å². The number of anilines is 2. The van der Waals surface area contributed by atoms with Gasteiger partial charge in [0.25, 0.3) is 0 Å². The summed E-state index contributed by atoms with van der Waals surface area (Å²) in [6, 6.07) is 3.60. The normalized spacial score (nSPS) is 10.6. The lowest BCUT2D eigenvalue weighted by Gasteiger charge is -2.12. The van der Waals surface area contributed by atoms with Gasteiger partial charge in [-0.05, 0) is 19.1 Å². The Kier molecular flexibility index (Phi) is 3.93. The lowest BCUT2D eigenvalue weighted by molar-refractivity contribution is 0.0691. The zero-order chi connectivity index (χ0) is 14.7. The summed E-state index contributed by atoms with van der Waals surface area (Å²) in [6.45, 7) is 5.67. The number of carboxylic acid groups (broad SMARTS) is 1. The smallest absolute Gasteiger partial charge is 0.356 e. The summed E-state index contributed by atoms with van der Waals surface area (Å²) in [6.07, 6.45) is 3.18. The van der Waals surface area contributed by atoms with Crippen LogP contribution in [0.25, 0.3) is 0 Å². The zero-order valence-corrected chi connectivity index (χ0v) is 11.6. The monoisotopic (exact) mass is 272 g/mol. The van der Waals surface area contributed by atoms with Gasteiger partial charge in [0.2, 0.25) is 0 Å². The van der Waals surface area contributed by atoms with Crippen molar-refractivity contribution in [2.45, 2.75) is 26.7 Å². The third-order valence-corrected chi connectivity index (χ3v) is 2.80. The van der Waals surface area contributed by atoms with Crippen LogP contribution >= 0.6 is 0 Å². The van der Waals surface area contributed by atoms with E-state index in [1.807, 2.05) is 26.8 Å². The van der Waals surface area contributed by atoms with Crippen molar-refractivity contribution in [2.75, 3.05) is 5.32 Å². The first kappa shape index (κ1) is 13.9. The van der Waals surface area contributed by atoms with Crippen molar-refractivity contribution < 1.29 is 9.90 Å². The van der Waals surface area contributed by atoms with E-state index in [2.05, 4.69) is 20.3 Å². The minimum absolute atomic E-state index is 0.0352. The molecule has 2 heterocycles. The second-order valence-electron chi connectivity index (χ2n) is 4.71. The zero-order valence-electron chi connectivity index (χ0n) is 11.6. The molecule has 2 aromatic rings. The van der Waals surface area contributed by atoms with Crippen molar-refractivity contribution in [3.63, 3.8) is 0 Å². The van der Waals surface area contributed by atoms with Gasteiger partial charge in [-0.15, -0.1) is 0 Å². The molecule has 0 saturated carbocycles. The fraction of sp³-hybridized carbons (Fsp3) is 0.286. The van der Waals surface area contributed by atoms with Crippen molar-refractivity contribution in [2.24, 2.45) is 0 Å². The number of pyridine rings is 1. The van der Waals surface area contributed by atoms with Crippen LogP contribution in [0.4, 0.5) is 11.4 Å². The molecule has 0 spiro atoms. The molecular weight excluding hydrogens is 256 g/mol. The van der Waals surface area contributed by atoms with E-state index in [1.54, 1.807) is 12.3 Å². The molecule has 2 N–H and O–H groups in total. The predicted octanol–water partition coefficient (Wildman–Crippen LogP) is 2.75. The Hall–Kier alpha value is -2.50. The van der Waals surface area contributed by atoms with E-state index < -0.39 is 5.97 Å². The number of aromatic nitrogens is 3. The van der Waals surface area contributed by atoms with E-state index in [0.717, 1.165) is 11.4 Å². The number of carboxylic acids is 1. The molecule has 6 nitrogen and oxygen atoms in total. The summed E-state index contributed by atoms with van der Waals surface area (Å²) in [4.78, 5) is 23.8. The summed E-state index contributed by atoms with van der Waals surface area (Å²) in [7, 11) is 0. The number of hydrogen-bond donors (Lipinski definition) is 2. The largest absolute Gasteiger partial charge is 0.476 e. The van der Waals surface area contributed by atoms with E-state index in [1.165, 1.54) is 6.20 Å². The number of rotatable bonds is 4. The number of aryl methyl sites for hydroxylation is 1. The highest BCUT2D eigenvalue weighted by Crippen LogP contribution is 2.22. The van der Waals surface area contributed by atoms with Crippen LogP contribution in [0.3, 0.4) is 0 Å². The minimum atomic E-state index is -1.08. The molecule has 0 radical (unpaired) electrons. The van der Waals surface area contributed by atoms with Crippen LogP contribution in [-0.2, 0) is 0 Å². The Morgan fingerprint density at radius 1 is 1.30 bits per heavy atom. The fourth-order valence-corrected chi connectivity index (χ4v) is 1.69. The number of nitrogens with zero attached hydrogens (tertiary/aromatic N) is 3. The Bertz CT molecular complexity index is 641. The minimum Gasteiger partial charge on any atom is -0.476 e. The van der Waals surface area contributed by atoms with Crippen LogP contribution in [0.1, 0.15) is 41.8 Å². The number of aromatic carboxylic acids is 1. The Labute approximate surface area is 116 Å². The molecule has 2 aromatic heterocycles. The van der Waals surface area contributed by atoms with E-state index in [4.69, 9.17) is 0 Å². The van der Waals surface area contributed by atoms with Gasteiger partial charge in [-0.3, -0.25) is 4.98 Å². The van der Waals surface area contributed by atoms with Gasteiger partial charge in [0.15, 0.2) is 5.69 Å². The molecule has 0 aliphatic carbocycles. The molecule has 2 rings (SSSR count). The molecule has 0 bridgehead atoms. The van der Waals surface area contributed by atoms with Crippen LogP contribution in [0.15, 0.2) is 24.5 Å². The standard InChI is InChI=1S/C14H16N4O2/c1-8(2)13-16-7-11(12(18-13)14(19)20)17-10-5-4-6-15-9(10)3/h4-8,17H,1-3H3,(H,19,20). The van der Waals surface area contributed by atoms with Gasteiger partial charge in [0, 0.05) is 12.1 Å². The maximum absolute atomic E-state index is 11.3. The van der Waals surface area contributed by atoms with Crippen molar-refractivity contribution in [1.29, 1.82) is 0 Å². The third-order valence-electron chi connectivity index (χ3n) is 2.80. The van der Waals surface area contributed by atoms with Crippen molar-refractivity contribution >= 4 is 17.3 Å². The van der Waals surface area contributed by atoms with Gasteiger partial charge in [-0.1, -0.05) is 13.8 Å². The molecule has 0 fully saturated rings. The number of nitrogens with one attached hydrogen (secondary N) is 1. The lowest BCUT2D eigenvalue weighted by atomic mass is 10.2. The van der Waals surface area contributed by atoms with Crippen LogP contribution in [0.5, 0.6) is 0 Å². The SMILES string of the molecule is Cc1ncccc1Nc1cnc(C(C)C)nc1C(=O)O. The molecule has 0 aliphatic rings. The highest BCUT2D eigenvalue weighted by Gasteiger charge is 2.16. The topological polar surface area (TPSA) is 88.0 Å². The first-order chi connectivity index (χ1) is 9.49. The van der Waals surface area contributed by atoms with Crippen LogP contribution in [0.2, 0.25) is 0 Å². The first-order valence-electron chi connectivity index (χ1n) is 6.28. The van der Waals surface area contributed by atoms with Crippen molar-refractivity contribution in [1.82, 2.24) is 15.0 Å². The van der Waals surface area contributed by atoms with Gasteiger partial charge < -0.3 is 10.4 Å². The Morgan fingerprint density at radius 3 is 2.65 bits per heavy atom. The molecular formula is C14H16N4O2. The summed E-state index contributed by atoms with van der Waals surface area (Å²) < 4.78 is 0. The first-order valence-corrected chi connectivity index (χ1v) is 6.28. The van der Waals surface area contributed by atoms with E-state index in [-0.39, 0.29) is 11.6 Å². The molecule has 104 valence electrons. The van der Waals surface area contributed by atoms with Crippen molar-refractivity contribution in [3.8, 4) is 0 Å². The number of hydrogen-bond acceptors (Lipinski definition) is 5. The molecule has 0 atom stereocenters. The van der Waals surface area contributed by atoms with E-state index >= 15 is 0 Å². The van der Waals surface area contributed by atoms with Crippen molar-refractivity contribution in [3.05, 3.63) is 41.7 Å². The summed E-state index contributed by atoms with van der Waals surface area (Å²) in [5.41, 5.74) is 1.83. The van der Waals surface area contributed by atoms with Gasteiger partial charge in [-0.25, -0.2) is 14.8 Å². The molecule has 0 saturated heterocycles. The highest BCUT2D eigenvalue weighted by molar-refractivity contribution is 5.92. The second kappa shape index (κ2) is 5.64. The second-order valence-corrected chi connectivity index (χ2v) is 4.71.